The molecule has 1 aliphatic heterocycles. The zero-order valence-electron chi connectivity index (χ0n) is 13.7. The molecule has 4 nitrogen and oxygen atoms in total. The molecule has 0 bridgehead atoms. The summed E-state index contributed by atoms with van der Waals surface area (Å²) in [5.74, 6) is -0.475. The fraction of sp³-hybridized carbons (Fsp3) is 0.263. The largest absolute Gasteiger partial charge is 0.325 e. The van der Waals surface area contributed by atoms with Gasteiger partial charge < -0.3 is 10.2 Å². The molecule has 3 rings (SSSR count). The van der Waals surface area contributed by atoms with Crippen LogP contribution in [0.4, 0.5) is 11.4 Å². The van der Waals surface area contributed by atoms with Crippen LogP contribution < -0.4 is 10.2 Å². The van der Waals surface area contributed by atoms with Crippen LogP contribution in [0.3, 0.4) is 0 Å². The number of hydrogen-bond donors (Lipinski definition) is 1. The Morgan fingerprint density at radius 1 is 1.12 bits per heavy atom. The number of hydrogen-bond acceptors (Lipinski definition) is 2. The number of carbonyl (C=O) groups is 2. The third-order valence-corrected chi connectivity index (χ3v) is 4.88. The van der Waals surface area contributed by atoms with Crippen LogP contribution in [0.2, 0.25) is 0 Å². The van der Waals surface area contributed by atoms with Gasteiger partial charge in [-0.1, -0.05) is 23.8 Å². The van der Waals surface area contributed by atoms with E-state index in [2.05, 4.69) is 21.2 Å². The maximum Gasteiger partial charge on any atom is 0.229 e. The minimum atomic E-state index is -0.341. The molecule has 0 aliphatic carbocycles. The van der Waals surface area contributed by atoms with Gasteiger partial charge in [-0.25, -0.2) is 0 Å². The van der Waals surface area contributed by atoms with Gasteiger partial charge in [0.05, 0.1) is 11.6 Å². The lowest BCUT2D eigenvalue weighted by Gasteiger charge is -2.17. The molecule has 1 heterocycles. The number of anilines is 2. The van der Waals surface area contributed by atoms with Crippen molar-refractivity contribution in [1.82, 2.24) is 0 Å². The first-order chi connectivity index (χ1) is 11.4. The van der Waals surface area contributed by atoms with E-state index in [1.807, 2.05) is 56.3 Å². The van der Waals surface area contributed by atoms with Gasteiger partial charge in [0.25, 0.3) is 0 Å². The number of nitrogens with one attached hydrogen (secondary N) is 1. The lowest BCUT2D eigenvalue weighted by molar-refractivity contribution is -0.122. The van der Waals surface area contributed by atoms with Gasteiger partial charge in [0, 0.05) is 23.1 Å². The molecule has 1 aliphatic rings. The minimum absolute atomic E-state index is 0.0121. The molecule has 2 aromatic rings. The SMILES string of the molecule is Cc1ccc(N2CC(C(=O)Nc3ccc(C)cc3Br)CC2=O)cc1. The van der Waals surface area contributed by atoms with E-state index < -0.39 is 0 Å². The maximum atomic E-state index is 12.5. The highest BCUT2D eigenvalue weighted by Crippen LogP contribution is 2.28. The molecule has 1 saturated heterocycles. The van der Waals surface area contributed by atoms with E-state index in [0.29, 0.717) is 6.54 Å². The molecule has 0 spiro atoms. The number of aryl methyl sites for hydroxylation is 2. The van der Waals surface area contributed by atoms with Crippen molar-refractivity contribution in [3.05, 3.63) is 58.1 Å². The average Bonchev–Trinajstić information content (AvgIpc) is 2.93. The van der Waals surface area contributed by atoms with Crippen LogP contribution in [0.5, 0.6) is 0 Å². The van der Waals surface area contributed by atoms with E-state index in [9.17, 15) is 9.59 Å². The molecule has 5 heteroatoms. The Hall–Kier alpha value is -2.14. The van der Waals surface area contributed by atoms with Crippen LogP contribution in [-0.4, -0.2) is 18.4 Å². The quantitative estimate of drug-likeness (QED) is 0.864. The molecule has 2 amide bonds. The Morgan fingerprint density at radius 2 is 1.79 bits per heavy atom. The van der Waals surface area contributed by atoms with Gasteiger partial charge in [-0.05, 0) is 59.6 Å². The van der Waals surface area contributed by atoms with Crippen LogP contribution >= 0.6 is 15.9 Å². The molecule has 2 aromatic carbocycles. The summed E-state index contributed by atoms with van der Waals surface area (Å²) >= 11 is 3.46. The van der Waals surface area contributed by atoms with Crippen LogP contribution in [-0.2, 0) is 9.59 Å². The van der Waals surface area contributed by atoms with Crippen molar-refractivity contribution < 1.29 is 9.59 Å². The lowest BCUT2D eigenvalue weighted by atomic mass is 10.1. The summed E-state index contributed by atoms with van der Waals surface area (Å²) in [6.07, 6.45) is 0.239. The van der Waals surface area contributed by atoms with Gasteiger partial charge in [0.2, 0.25) is 11.8 Å². The number of benzene rings is 2. The monoisotopic (exact) mass is 386 g/mol. The molecule has 0 saturated carbocycles. The van der Waals surface area contributed by atoms with E-state index in [0.717, 1.165) is 27.0 Å². The zero-order chi connectivity index (χ0) is 17.3. The van der Waals surface area contributed by atoms with Gasteiger partial charge in [-0.3, -0.25) is 9.59 Å². The molecule has 1 atom stereocenters. The Morgan fingerprint density at radius 3 is 2.46 bits per heavy atom. The van der Waals surface area contributed by atoms with Crippen molar-refractivity contribution in [3.8, 4) is 0 Å². The minimum Gasteiger partial charge on any atom is -0.325 e. The summed E-state index contributed by atoms with van der Waals surface area (Å²) in [4.78, 5) is 26.5. The predicted octanol–water partition coefficient (Wildman–Crippen LogP) is 4.06. The first-order valence-corrected chi connectivity index (χ1v) is 8.67. The first-order valence-electron chi connectivity index (χ1n) is 7.88. The Labute approximate surface area is 150 Å². The number of rotatable bonds is 3. The van der Waals surface area contributed by atoms with Gasteiger partial charge in [0.15, 0.2) is 0 Å². The molecular weight excluding hydrogens is 368 g/mol. The molecule has 24 heavy (non-hydrogen) atoms. The second-order valence-electron chi connectivity index (χ2n) is 6.21. The van der Waals surface area contributed by atoms with Crippen molar-refractivity contribution in [3.63, 3.8) is 0 Å². The van der Waals surface area contributed by atoms with Crippen LogP contribution in [0.15, 0.2) is 46.9 Å². The van der Waals surface area contributed by atoms with Crippen molar-refractivity contribution in [1.29, 1.82) is 0 Å². The maximum absolute atomic E-state index is 12.5. The van der Waals surface area contributed by atoms with Gasteiger partial charge in [-0.15, -0.1) is 0 Å². The smallest absolute Gasteiger partial charge is 0.229 e. The fourth-order valence-corrected chi connectivity index (χ4v) is 3.41. The first kappa shape index (κ1) is 16.7. The second kappa shape index (κ2) is 6.77. The summed E-state index contributed by atoms with van der Waals surface area (Å²) < 4.78 is 0.843. The van der Waals surface area contributed by atoms with Crippen molar-refractivity contribution in [2.75, 3.05) is 16.8 Å². The third-order valence-electron chi connectivity index (χ3n) is 4.22. The highest BCUT2D eigenvalue weighted by molar-refractivity contribution is 9.10. The average molecular weight is 387 g/mol. The van der Waals surface area contributed by atoms with Gasteiger partial charge in [0.1, 0.15) is 0 Å². The molecular formula is C19H19BrN2O2. The predicted molar refractivity (Wildman–Crippen MR) is 99.1 cm³/mol. The van der Waals surface area contributed by atoms with Crippen molar-refractivity contribution in [2.45, 2.75) is 20.3 Å². The molecule has 0 aromatic heterocycles. The van der Waals surface area contributed by atoms with Crippen molar-refractivity contribution >= 4 is 39.1 Å². The van der Waals surface area contributed by atoms with Crippen LogP contribution in [0, 0.1) is 19.8 Å². The zero-order valence-corrected chi connectivity index (χ0v) is 15.3. The summed E-state index contributed by atoms with van der Waals surface area (Å²) in [5.41, 5.74) is 3.83. The molecule has 124 valence electrons. The Balaban J connectivity index is 1.70. The number of halogens is 1. The number of nitrogens with zero attached hydrogens (tertiary/aromatic N) is 1. The summed E-state index contributed by atoms with van der Waals surface area (Å²) in [5, 5.41) is 2.92. The summed E-state index contributed by atoms with van der Waals surface area (Å²) in [6.45, 7) is 4.41. The summed E-state index contributed by atoms with van der Waals surface area (Å²) in [6, 6.07) is 13.5. The molecule has 1 fully saturated rings. The van der Waals surface area contributed by atoms with Crippen molar-refractivity contribution in [2.24, 2.45) is 5.92 Å². The number of amides is 2. The van der Waals surface area contributed by atoms with E-state index in [1.54, 1.807) is 4.90 Å². The highest BCUT2D eigenvalue weighted by atomic mass is 79.9. The third kappa shape index (κ3) is 3.51. The standard InChI is InChI=1S/C19H19BrN2O2/c1-12-3-6-15(7-4-12)22-11-14(10-18(22)23)19(24)21-17-8-5-13(2)9-16(17)20/h3-9,14H,10-11H2,1-2H3,(H,21,24). The lowest BCUT2D eigenvalue weighted by Crippen LogP contribution is -2.28. The van der Waals surface area contributed by atoms with Crippen LogP contribution in [0.25, 0.3) is 0 Å². The molecule has 0 radical (unpaired) electrons. The van der Waals surface area contributed by atoms with E-state index in [1.165, 1.54) is 0 Å². The Kier molecular flexibility index (Phi) is 4.71. The van der Waals surface area contributed by atoms with E-state index >= 15 is 0 Å². The van der Waals surface area contributed by atoms with E-state index in [4.69, 9.17) is 0 Å². The topological polar surface area (TPSA) is 49.4 Å². The van der Waals surface area contributed by atoms with Gasteiger partial charge >= 0.3 is 0 Å². The number of carbonyl (C=O) groups excluding carboxylic acids is 2. The highest BCUT2D eigenvalue weighted by Gasteiger charge is 2.35. The van der Waals surface area contributed by atoms with E-state index in [-0.39, 0.29) is 24.2 Å². The van der Waals surface area contributed by atoms with Crippen LogP contribution in [0.1, 0.15) is 17.5 Å². The molecule has 1 N–H and O–H groups in total. The summed E-state index contributed by atoms with van der Waals surface area (Å²) in [7, 11) is 0. The normalized spacial score (nSPS) is 17.2. The fourth-order valence-electron chi connectivity index (χ4n) is 2.81. The Bertz CT molecular complexity index is 786. The molecule has 1 unspecified atom stereocenters. The second-order valence-corrected chi connectivity index (χ2v) is 7.07. The van der Waals surface area contributed by atoms with Gasteiger partial charge in [-0.2, -0.15) is 0 Å².